The number of hydrogen-bond donors (Lipinski definition) is 3. The number of carbonyl (C=O) groups is 1. The van der Waals surface area contributed by atoms with Crippen molar-refractivity contribution < 1.29 is 9.90 Å². The largest absolute Gasteiger partial charge is 0.480 e. The van der Waals surface area contributed by atoms with Crippen LogP contribution in [0.3, 0.4) is 0 Å². The van der Waals surface area contributed by atoms with Crippen molar-refractivity contribution in [3.63, 3.8) is 0 Å². The van der Waals surface area contributed by atoms with E-state index in [4.69, 9.17) is 16.6 Å². The first-order valence-corrected chi connectivity index (χ1v) is 5.45. The molecule has 82 valence electrons. The van der Waals surface area contributed by atoms with E-state index in [-0.39, 0.29) is 6.04 Å². The fourth-order valence-corrected chi connectivity index (χ4v) is 1.77. The standard InChI is InChI=1S/C8H17N3O2S/c1-5(11-6(2)9)3-14-4-7(10)8(12)13/h5,7H,3-4,10H2,1-2H3,(H2,9,11)(H,12,13). The zero-order valence-corrected chi connectivity index (χ0v) is 9.25. The van der Waals surface area contributed by atoms with Crippen LogP contribution in [0, 0.1) is 0 Å². The number of carboxylic acids is 1. The first-order valence-electron chi connectivity index (χ1n) is 4.29. The molecule has 0 radical (unpaired) electrons. The van der Waals surface area contributed by atoms with Gasteiger partial charge in [-0.15, -0.1) is 0 Å². The lowest BCUT2D eigenvalue weighted by Gasteiger charge is -2.08. The summed E-state index contributed by atoms with van der Waals surface area (Å²) in [5.41, 5.74) is 10.7. The van der Waals surface area contributed by atoms with Gasteiger partial charge in [0.25, 0.3) is 0 Å². The Morgan fingerprint density at radius 1 is 1.57 bits per heavy atom. The molecule has 14 heavy (non-hydrogen) atoms. The van der Waals surface area contributed by atoms with Crippen LogP contribution in [0.5, 0.6) is 0 Å². The Morgan fingerprint density at radius 3 is 2.57 bits per heavy atom. The van der Waals surface area contributed by atoms with Crippen molar-refractivity contribution in [2.75, 3.05) is 11.5 Å². The first kappa shape index (κ1) is 13.2. The molecule has 5 N–H and O–H groups in total. The van der Waals surface area contributed by atoms with E-state index in [0.29, 0.717) is 11.6 Å². The van der Waals surface area contributed by atoms with Gasteiger partial charge in [-0.05, 0) is 13.8 Å². The number of carboxylic acid groups (broad SMARTS) is 1. The third-order valence-corrected chi connectivity index (χ3v) is 2.71. The average molecular weight is 219 g/mol. The minimum absolute atomic E-state index is 0.103. The van der Waals surface area contributed by atoms with Crippen LogP contribution in [-0.4, -0.2) is 40.5 Å². The lowest BCUT2D eigenvalue weighted by molar-refractivity contribution is -0.137. The molecule has 2 atom stereocenters. The Morgan fingerprint density at radius 2 is 2.14 bits per heavy atom. The molecule has 5 nitrogen and oxygen atoms in total. The zero-order chi connectivity index (χ0) is 11.1. The van der Waals surface area contributed by atoms with E-state index in [2.05, 4.69) is 4.99 Å². The van der Waals surface area contributed by atoms with Crippen LogP contribution in [0.1, 0.15) is 13.8 Å². The number of nitrogens with zero attached hydrogens (tertiary/aromatic N) is 1. The van der Waals surface area contributed by atoms with Crippen molar-refractivity contribution in [1.82, 2.24) is 0 Å². The Balaban J connectivity index is 3.64. The summed E-state index contributed by atoms with van der Waals surface area (Å²) in [5, 5.41) is 8.51. The van der Waals surface area contributed by atoms with Gasteiger partial charge in [-0.3, -0.25) is 9.79 Å². The van der Waals surface area contributed by atoms with Gasteiger partial charge in [0.15, 0.2) is 0 Å². The zero-order valence-electron chi connectivity index (χ0n) is 8.43. The molecular weight excluding hydrogens is 202 g/mol. The smallest absolute Gasteiger partial charge is 0.321 e. The summed E-state index contributed by atoms with van der Waals surface area (Å²) in [4.78, 5) is 14.5. The van der Waals surface area contributed by atoms with Crippen LogP contribution in [0.2, 0.25) is 0 Å². The molecule has 0 aliphatic rings. The fraction of sp³-hybridized carbons (Fsp3) is 0.750. The Labute approximate surface area is 87.9 Å². The molecule has 6 heteroatoms. The second-order valence-electron chi connectivity index (χ2n) is 3.10. The summed E-state index contributed by atoms with van der Waals surface area (Å²) in [6, 6.07) is -0.693. The topological polar surface area (TPSA) is 102 Å². The van der Waals surface area contributed by atoms with Crippen LogP contribution in [0.25, 0.3) is 0 Å². The fourth-order valence-electron chi connectivity index (χ4n) is 0.822. The molecule has 0 aromatic carbocycles. The highest BCUT2D eigenvalue weighted by Gasteiger charge is 2.11. The Kier molecular flexibility index (Phi) is 6.31. The van der Waals surface area contributed by atoms with E-state index in [9.17, 15) is 4.79 Å². The van der Waals surface area contributed by atoms with E-state index in [1.807, 2.05) is 6.92 Å². The van der Waals surface area contributed by atoms with Gasteiger partial charge in [-0.25, -0.2) is 0 Å². The second-order valence-corrected chi connectivity index (χ2v) is 4.18. The van der Waals surface area contributed by atoms with E-state index in [1.54, 1.807) is 6.92 Å². The minimum atomic E-state index is -0.969. The molecule has 0 saturated heterocycles. The third-order valence-electron chi connectivity index (χ3n) is 1.40. The quantitative estimate of drug-likeness (QED) is 0.427. The highest BCUT2D eigenvalue weighted by Crippen LogP contribution is 2.06. The number of aliphatic carboxylic acids is 1. The summed E-state index contributed by atoms with van der Waals surface area (Å²) >= 11 is 1.47. The first-order chi connectivity index (χ1) is 6.43. The lowest BCUT2D eigenvalue weighted by Crippen LogP contribution is -2.32. The van der Waals surface area contributed by atoms with Gasteiger partial charge in [0.1, 0.15) is 6.04 Å². The predicted molar refractivity (Wildman–Crippen MR) is 59.7 cm³/mol. The summed E-state index contributed by atoms with van der Waals surface area (Å²) < 4.78 is 0. The number of aliphatic imine (C=N–C) groups is 1. The normalized spacial score (nSPS) is 16.4. The number of thioether (sulfide) groups is 1. The van der Waals surface area contributed by atoms with Crippen molar-refractivity contribution in [2.45, 2.75) is 25.9 Å². The van der Waals surface area contributed by atoms with Crippen LogP contribution >= 0.6 is 11.8 Å². The summed E-state index contributed by atoms with van der Waals surface area (Å²) in [6.07, 6.45) is 0. The van der Waals surface area contributed by atoms with Crippen molar-refractivity contribution in [1.29, 1.82) is 0 Å². The van der Waals surface area contributed by atoms with Crippen LogP contribution in [0.15, 0.2) is 4.99 Å². The van der Waals surface area contributed by atoms with Gasteiger partial charge in [0, 0.05) is 11.5 Å². The van der Waals surface area contributed by atoms with E-state index in [0.717, 1.165) is 5.75 Å². The van der Waals surface area contributed by atoms with Crippen molar-refractivity contribution in [3.8, 4) is 0 Å². The SMILES string of the molecule is CC(N)=NC(C)CSCC(N)C(=O)O. The molecule has 0 aromatic heterocycles. The maximum atomic E-state index is 10.4. The van der Waals surface area contributed by atoms with E-state index < -0.39 is 12.0 Å². The van der Waals surface area contributed by atoms with Crippen molar-refractivity contribution in [2.24, 2.45) is 16.5 Å². The molecule has 0 rings (SSSR count). The molecule has 0 bridgehead atoms. The summed E-state index contributed by atoms with van der Waals surface area (Å²) in [6.45, 7) is 3.65. The van der Waals surface area contributed by atoms with E-state index in [1.165, 1.54) is 11.8 Å². The number of rotatable bonds is 6. The molecule has 0 aliphatic heterocycles. The molecule has 0 saturated carbocycles. The number of hydrogen-bond acceptors (Lipinski definition) is 4. The molecule has 0 heterocycles. The number of amidine groups is 1. The van der Waals surface area contributed by atoms with Crippen LogP contribution < -0.4 is 11.5 Å². The Bertz CT molecular complexity index is 217. The Hall–Kier alpha value is -0.750. The van der Waals surface area contributed by atoms with Crippen LogP contribution in [0.4, 0.5) is 0 Å². The van der Waals surface area contributed by atoms with Crippen LogP contribution in [-0.2, 0) is 4.79 Å². The maximum Gasteiger partial charge on any atom is 0.321 e. The van der Waals surface area contributed by atoms with Crippen molar-refractivity contribution >= 4 is 23.6 Å². The van der Waals surface area contributed by atoms with Gasteiger partial charge in [0.05, 0.1) is 11.9 Å². The van der Waals surface area contributed by atoms with Crippen molar-refractivity contribution in [3.05, 3.63) is 0 Å². The van der Waals surface area contributed by atoms with Gasteiger partial charge in [0.2, 0.25) is 0 Å². The predicted octanol–water partition coefficient (Wildman–Crippen LogP) is -0.103. The maximum absolute atomic E-state index is 10.4. The summed E-state index contributed by atoms with van der Waals surface area (Å²) in [5.74, 6) is 0.707. The minimum Gasteiger partial charge on any atom is -0.480 e. The molecule has 0 aromatic rings. The highest BCUT2D eigenvalue weighted by molar-refractivity contribution is 7.99. The third kappa shape index (κ3) is 6.73. The van der Waals surface area contributed by atoms with E-state index >= 15 is 0 Å². The van der Waals surface area contributed by atoms with Gasteiger partial charge in [-0.1, -0.05) is 0 Å². The van der Waals surface area contributed by atoms with Gasteiger partial charge < -0.3 is 16.6 Å². The molecular formula is C8H17N3O2S. The molecule has 0 aliphatic carbocycles. The monoisotopic (exact) mass is 219 g/mol. The molecule has 0 fully saturated rings. The second kappa shape index (κ2) is 6.67. The lowest BCUT2D eigenvalue weighted by atomic mass is 10.4. The number of nitrogens with two attached hydrogens (primary N) is 2. The molecule has 2 unspecified atom stereocenters. The van der Waals surface area contributed by atoms with Gasteiger partial charge >= 0.3 is 5.97 Å². The highest BCUT2D eigenvalue weighted by atomic mass is 32.2. The summed E-state index contributed by atoms with van der Waals surface area (Å²) in [7, 11) is 0. The molecule has 0 amide bonds. The van der Waals surface area contributed by atoms with Gasteiger partial charge in [-0.2, -0.15) is 11.8 Å². The average Bonchev–Trinajstić information content (AvgIpc) is 2.02. The molecule has 0 spiro atoms.